The summed E-state index contributed by atoms with van der Waals surface area (Å²) in [7, 11) is 3.61. The summed E-state index contributed by atoms with van der Waals surface area (Å²) in [5, 5.41) is 3.35. The quantitative estimate of drug-likeness (QED) is 0.845. The number of nitrogens with zero attached hydrogens (tertiary/aromatic N) is 2. The van der Waals surface area contributed by atoms with Gasteiger partial charge in [-0.15, -0.1) is 0 Å². The molecular weight excluding hydrogens is 266 g/mol. The van der Waals surface area contributed by atoms with Crippen LogP contribution < -0.4 is 5.32 Å². The summed E-state index contributed by atoms with van der Waals surface area (Å²) in [4.78, 5) is 28.6. The molecule has 2 aliphatic heterocycles. The van der Waals surface area contributed by atoms with Gasteiger partial charge >= 0.3 is 0 Å². The number of carbonyl (C=O) groups is 2. The van der Waals surface area contributed by atoms with Gasteiger partial charge in [0.15, 0.2) is 0 Å². The van der Waals surface area contributed by atoms with E-state index in [1.807, 2.05) is 4.90 Å². The molecule has 2 heterocycles. The second kappa shape index (κ2) is 6.77. The van der Waals surface area contributed by atoms with E-state index in [1.54, 1.807) is 19.0 Å². The van der Waals surface area contributed by atoms with Crippen molar-refractivity contribution in [1.82, 2.24) is 15.1 Å². The molecule has 1 N–H and O–H groups in total. The first-order chi connectivity index (χ1) is 10.00. The fourth-order valence-electron chi connectivity index (χ4n) is 3.76. The third kappa shape index (κ3) is 3.39. The van der Waals surface area contributed by atoms with Gasteiger partial charge in [-0.25, -0.2) is 0 Å². The molecule has 0 aromatic carbocycles. The van der Waals surface area contributed by atoms with E-state index in [0.29, 0.717) is 5.91 Å². The molecule has 0 aromatic rings. The number of likely N-dealkylation sites (tertiary alicyclic amines) is 1. The first-order valence-electron chi connectivity index (χ1n) is 8.21. The van der Waals surface area contributed by atoms with Crippen molar-refractivity contribution in [1.29, 1.82) is 0 Å². The molecule has 2 saturated heterocycles. The highest BCUT2D eigenvalue weighted by molar-refractivity contribution is 5.84. The van der Waals surface area contributed by atoms with Crippen molar-refractivity contribution in [2.75, 3.05) is 40.3 Å². The summed E-state index contributed by atoms with van der Waals surface area (Å²) in [6.45, 7) is 5.37. The fourth-order valence-corrected chi connectivity index (χ4v) is 3.76. The van der Waals surface area contributed by atoms with Gasteiger partial charge < -0.3 is 15.1 Å². The molecule has 2 amide bonds. The van der Waals surface area contributed by atoms with Crippen LogP contribution in [0.3, 0.4) is 0 Å². The Morgan fingerprint density at radius 2 is 1.95 bits per heavy atom. The summed E-state index contributed by atoms with van der Waals surface area (Å²) in [6.07, 6.45) is 4.57. The molecule has 0 bridgehead atoms. The van der Waals surface area contributed by atoms with E-state index in [9.17, 15) is 9.59 Å². The van der Waals surface area contributed by atoms with Crippen molar-refractivity contribution in [2.24, 2.45) is 11.3 Å². The smallest absolute Gasteiger partial charge is 0.230 e. The first kappa shape index (κ1) is 16.3. The average Bonchev–Trinajstić information content (AvgIpc) is 2.96. The molecule has 21 heavy (non-hydrogen) atoms. The third-order valence-corrected chi connectivity index (χ3v) is 5.00. The largest absolute Gasteiger partial charge is 0.349 e. The van der Waals surface area contributed by atoms with Crippen molar-refractivity contribution < 1.29 is 9.59 Å². The molecule has 1 atom stereocenters. The topological polar surface area (TPSA) is 52.7 Å². The monoisotopic (exact) mass is 295 g/mol. The lowest BCUT2D eigenvalue weighted by Gasteiger charge is -2.38. The molecule has 0 aromatic heterocycles. The zero-order valence-corrected chi connectivity index (χ0v) is 13.7. The van der Waals surface area contributed by atoms with Crippen molar-refractivity contribution in [2.45, 2.75) is 39.0 Å². The van der Waals surface area contributed by atoms with Gasteiger partial charge in [-0.2, -0.15) is 0 Å². The van der Waals surface area contributed by atoms with Crippen molar-refractivity contribution >= 4 is 11.8 Å². The minimum Gasteiger partial charge on any atom is -0.349 e. The van der Waals surface area contributed by atoms with Crippen LogP contribution in [0.25, 0.3) is 0 Å². The fraction of sp³-hybridized carbons (Fsp3) is 0.875. The molecule has 5 heteroatoms. The lowest BCUT2D eigenvalue weighted by molar-refractivity contribution is -0.145. The van der Waals surface area contributed by atoms with Gasteiger partial charge in [0.05, 0.1) is 5.41 Å². The van der Waals surface area contributed by atoms with Crippen LogP contribution in [0.2, 0.25) is 0 Å². The van der Waals surface area contributed by atoms with Crippen molar-refractivity contribution in [3.63, 3.8) is 0 Å². The SMILES string of the molecule is CCCC1(C(=O)N2CCC(C(=O)N(C)C)CC2)CCNC1. The van der Waals surface area contributed by atoms with Crippen LogP contribution >= 0.6 is 0 Å². The Bertz CT molecular complexity index is 381. The summed E-state index contributed by atoms with van der Waals surface area (Å²) >= 11 is 0. The Morgan fingerprint density at radius 3 is 2.43 bits per heavy atom. The van der Waals surface area contributed by atoms with E-state index in [0.717, 1.165) is 58.3 Å². The van der Waals surface area contributed by atoms with Crippen LogP contribution in [-0.4, -0.2) is 61.9 Å². The molecule has 0 aliphatic carbocycles. The minimum atomic E-state index is -0.187. The van der Waals surface area contributed by atoms with E-state index in [1.165, 1.54) is 0 Å². The van der Waals surface area contributed by atoms with Gasteiger partial charge in [0, 0.05) is 39.6 Å². The Kier molecular flexibility index (Phi) is 5.25. The van der Waals surface area contributed by atoms with Crippen molar-refractivity contribution in [3.8, 4) is 0 Å². The maximum atomic E-state index is 12.9. The molecule has 0 radical (unpaired) electrons. The average molecular weight is 295 g/mol. The molecule has 1 unspecified atom stereocenters. The molecule has 2 aliphatic rings. The minimum absolute atomic E-state index is 0.0906. The van der Waals surface area contributed by atoms with Crippen LogP contribution in [0.15, 0.2) is 0 Å². The van der Waals surface area contributed by atoms with E-state index < -0.39 is 0 Å². The van der Waals surface area contributed by atoms with Gasteiger partial charge in [0.2, 0.25) is 11.8 Å². The van der Waals surface area contributed by atoms with Crippen molar-refractivity contribution in [3.05, 3.63) is 0 Å². The molecule has 2 fully saturated rings. The number of rotatable bonds is 4. The lowest BCUT2D eigenvalue weighted by atomic mass is 9.80. The van der Waals surface area contributed by atoms with Crippen LogP contribution in [0, 0.1) is 11.3 Å². The molecular formula is C16H29N3O2. The second-order valence-corrected chi connectivity index (χ2v) is 6.76. The van der Waals surface area contributed by atoms with Gasteiger partial charge in [0.25, 0.3) is 0 Å². The molecule has 5 nitrogen and oxygen atoms in total. The Morgan fingerprint density at radius 1 is 1.29 bits per heavy atom. The summed E-state index contributed by atoms with van der Waals surface area (Å²) < 4.78 is 0. The zero-order chi connectivity index (χ0) is 15.5. The summed E-state index contributed by atoms with van der Waals surface area (Å²) in [6, 6.07) is 0. The highest BCUT2D eigenvalue weighted by atomic mass is 16.2. The number of piperidine rings is 1. The molecule has 0 saturated carbocycles. The third-order valence-electron chi connectivity index (χ3n) is 5.00. The number of amides is 2. The zero-order valence-electron chi connectivity index (χ0n) is 13.7. The van der Waals surface area contributed by atoms with Crippen LogP contribution in [0.5, 0.6) is 0 Å². The number of nitrogens with one attached hydrogen (secondary N) is 1. The molecule has 120 valence electrons. The van der Waals surface area contributed by atoms with Crippen LogP contribution in [-0.2, 0) is 9.59 Å². The Hall–Kier alpha value is -1.10. The Balaban J connectivity index is 1.95. The maximum absolute atomic E-state index is 12.9. The Labute approximate surface area is 128 Å². The normalized spacial score (nSPS) is 26.9. The summed E-state index contributed by atoms with van der Waals surface area (Å²) in [5.74, 6) is 0.603. The van der Waals surface area contributed by atoms with Crippen LogP contribution in [0.4, 0.5) is 0 Å². The lowest BCUT2D eigenvalue weighted by Crippen LogP contribution is -2.49. The molecule has 2 rings (SSSR count). The van der Waals surface area contributed by atoms with E-state index in [4.69, 9.17) is 0 Å². The van der Waals surface area contributed by atoms with Crippen LogP contribution in [0.1, 0.15) is 39.0 Å². The van der Waals surface area contributed by atoms with Gasteiger partial charge in [-0.3, -0.25) is 9.59 Å². The summed E-state index contributed by atoms with van der Waals surface area (Å²) in [5.41, 5.74) is -0.187. The number of hydrogen-bond donors (Lipinski definition) is 1. The van der Waals surface area contributed by atoms with E-state index >= 15 is 0 Å². The maximum Gasteiger partial charge on any atom is 0.230 e. The van der Waals surface area contributed by atoms with E-state index in [-0.39, 0.29) is 17.2 Å². The molecule has 0 spiro atoms. The number of carbonyl (C=O) groups excluding carboxylic acids is 2. The van der Waals surface area contributed by atoms with Gasteiger partial charge in [-0.1, -0.05) is 13.3 Å². The first-order valence-corrected chi connectivity index (χ1v) is 8.21. The van der Waals surface area contributed by atoms with Gasteiger partial charge in [0.1, 0.15) is 0 Å². The standard InChI is InChI=1S/C16H29N3O2/c1-4-7-16(8-9-17-12-16)15(21)19-10-5-13(6-11-19)14(20)18(2)3/h13,17H,4-12H2,1-3H3. The second-order valence-electron chi connectivity index (χ2n) is 6.76. The highest BCUT2D eigenvalue weighted by Gasteiger charge is 2.43. The highest BCUT2D eigenvalue weighted by Crippen LogP contribution is 2.34. The predicted molar refractivity (Wildman–Crippen MR) is 82.8 cm³/mol. The predicted octanol–water partition coefficient (Wildman–Crippen LogP) is 1.09. The number of hydrogen-bond acceptors (Lipinski definition) is 3. The van der Waals surface area contributed by atoms with Gasteiger partial charge in [-0.05, 0) is 32.2 Å². The van der Waals surface area contributed by atoms with E-state index in [2.05, 4.69) is 12.2 Å².